The number of carbonyl (C=O) groups excluding carboxylic acids is 1. The summed E-state index contributed by atoms with van der Waals surface area (Å²) < 4.78 is 0. The van der Waals surface area contributed by atoms with Crippen LogP contribution < -0.4 is 5.32 Å². The van der Waals surface area contributed by atoms with E-state index in [1.54, 1.807) is 0 Å². The van der Waals surface area contributed by atoms with Crippen molar-refractivity contribution in [2.45, 2.75) is 50.9 Å². The molecular formula is C23H29NO. The third kappa shape index (κ3) is 5.45. The van der Waals surface area contributed by atoms with Gasteiger partial charge in [-0.3, -0.25) is 4.79 Å². The molecule has 1 N–H and O–H groups in total. The fourth-order valence-electron chi connectivity index (χ4n) is 3.98. The van der Waals surface area contributed by atoms with Gasteiger partial charge in [-0.1, -0.05) is 79.9 Å². The Labute approximate surface area is 151 Å². The summed E-state index contributed by atoms with van der Waals surface area (Å²) in [6.07, 6.45) is 8.03. The quantitative estimate of drug-likeness (QED) is 0.731. The zero-order valence-corrected chi connectivity index (χ0v) is 15.0. The minimum atomic E-state index is 0.228. The third-order valence-electron chi connectivity index (χ3n) is 5.36. The number of nitrogens with one attached hydrogen (secondary N) is 1. The van der Waals surface area contributed by atoms with Crippen LogP contribution in [0.25, 0.3) is 0 Å². The van der Waals surface area contributed by atoms with E-state index in [1.807, 2.05) is 0 Å². The maximum Gasteiger partial charge on any atom is 0.220 e. The molecule has 1 aliphatic rings. The molecule has 1 aliphatic carbocycles. The Morgan fingerprint density at radius 2 is 1.44 bits per heavy atom. The molecule has 0 aliphatic heterocycles. The number of hydrogen-bond donors (Lipinski definition) is 1. The average molecular weight is 335 g/mol. The number of carbonyl (C=O) groups is 1. The van der Waals surface area contributed by atoms with Gasteiger partial charge in [-0.05, 0) is 36.3 Å². The van der Waals surface area contributed by atoms with Crippen LogP contribution in [0.5, 0.6) is 0 Å². The lowest BCUT2D eigenvalue weighted by Crippen LogP contribution is -2.28. The number of hydrogen-bond acceptors (Lipinski definition) is 1. The molecule has 1 amide bonds. The Balaban J connectivity index is 1.55. The van der Waals surface area contributed by atoms with E-state index in [0.717, 1.165) is 13.0 Å². The number of amides is 1. The van der Waals surface area contributed by atoms with E-state index in [-0.39, 0.29) is 5.91 Å². The maximum atomic E-state index is 12.3. The summed E-state index contributed by atoms with van der Waals surface area (Å²) in [6.45, 7) is 0.736. The van der Waals surface area contributed by atoms with Crippen molar-refractivity contribution in [3.63, 3.8) is 0 Å². The van der Waals surface area contributed by atoms with Gasteiger partial charge in [-0.15, -0.1) is 0 Å². The van der Waals surface area contributed by atoms with E-state index in [9.17, 15) is 4.79 Å². The third-order valence-corrected chi connectivity index (χ3v) is 5.36. The molecule has 0 atom stereocenters. The van der Waals surface area contributed by atoms with Crippen molar-refractivity contribution < 1.29 is 4.79 Å². The molecule has 3 rings (SSSR count). The lowest BCUT2D eigenvalue weighted by atomic mass is 9.86. The average Bonchev–Trinajstić information content (AvgIpc) is 2.67. The molecule has 1 saturated carbocycles. The fraction of sp³-hybridized carbons (Fsp3) is 0.435. The van der Waals surface area contributed by atoms with Gasteiger partial charge < -0.3 is 5.32 Å². The molecule has 0 heterocycles. The molecule has 2 heteroatoms. The standard InChI is InChI=1S/C23H29NO/c25-23(18-19-10-4-1-5-11-19)24-17-16-22(20-12-6-2-7-13-20)21-14-8-3-9-15-21/h2-3,6-9,12-15,19,22H,1,4-5,10-11,16-18H2,(H,24,25). The highest BCUT2D eigenvalue weighted by molar-refractivity contribution is 5.76. The summed E-state index contributed by atoms with van der Waals surface area (Å²) in [5, 5.41) is 3.16. The smallest absolute Gasteiger partial charge is 0.220 e. The van der Waals surface area contributed by atoms with Crippen LogP contribution >= 0.6 is 0 Å². The summed E-state index contributed by atoms with van der Waals surface area (Å²) in [5.74, 6) is 1.16. The van der Waals surface area contributed by atoms with E-state index in [0.29, 0.717) is 18.3 Å². The second kappa shape index (κ2) is 9.41. The van der Waals surface area contributed by atoms with E-state index in [4.69, 9.17) is 0 Å². The summed E-state index contributed by atoms with van der Waals surface area (Å²) >= 11 is 0. The van der Waals surface area contributed by atoms with E-state index in [1.165, 1.54) is 43.2 Å². The van der Waals surface area contributed by atoms with Crippen molar-refractivity contribution in [2.24, 2.45) is 5.92 Å². The van der Waals surface area contributed by atoms with Crippen LogP contribution in [-0.2, 0) is 4.79 Å². The molecule has 2 aromatic carbocycles. The monoisotopic (exact) mass is 335 g/mol. The lowest BCUT2D eigenvalue weighted by Gasteiger charge is -2.22. The Hall–Kier alpha value is -2.09. The van der Waals surface area contributed by atoms with E-state index < -0.39 is 0 Å². The van der Waals surface area contributed by atoms with Gasteiger partial charge in [-0.2, -0.15) is 0 Å². The molecule has 1 fully saturated rings. The predicted molar refractivity (Wildman–Crippen MR) is 104 cm³/mol. The SMILES string of the molecule is O=C(CC1CCCCC1)NCCC(c1ccccc1)c1ccccc1. The zero-order chi connectivity index (χ0) is 17.3. The largest absolute Gasteiger partial charge is 0.356 e. The molecule has 132 valence electrons. The summed E-state index contributed by atoms with van der Waals surface area (Å²) in [6, 6.07) is 21.2. The molecule has 25 heavy (non-hydrogen) atoms. The second-order valence-electron chi connectivity index (χ2n) is 7.22. The van der Waals surface area contributed by atoms with Crippen molar-refractivity contribution in [2.75, 3.05) is 6.54 Å². The molecule has 0 unspecified atom stereocenters. The molecule has 0 spiro atoms. The highest BCUT2D eigenvalue weighted by atomic mass is 16.1. The van der Waals surface area contributed by atoms with Crippen LogP contribution in [0.3, 0.4) is 0 Å². The van der Waals surface area contributed by atoms with Crippen molar-refractivity contribution in [1.82, 2.24) is 5.32 Å². The Kier molecular flexibility index (Phi) is 6.67. The fourth-order valence-corrected chi connectivity index (χ4v) is 3.98. The van der Waals surface area contributed by atoms with Crippen LogP contribution in [0, 0.1) is 5.92 Å². The normalized spacial score (nSPS) is 15.2. The molecular weight excluding hydrogens is 306 g/mol. The van der Waals surface area contributed by atoms with Gasteiger partial charge >= 0.3 is 0 Å². The van der Waals surface area contributed by atoms with Crippen LogP contribution in [0.2, 0.25) is 0 Å². The van der Waals surface area contributed by atoms with E-state index >= 15 is 0 Å². The topological polar surface area (TPSA) is 29.1 Å². The minimum absolute atomic E-state index is 0.228. The zero-order valence-electron chi connectivity index (χ0n) is 15.0. The van der Waals surface area contributed by atoms with Gasteiger partial charge in [0.05, 0.1) is 0 Å². The van der Waals surface area contributed by atoms with Crippen molar-refractivity contribution >= 4 is 5.91 Å². The second-order valence-corrected chi connectivity index (χ2v) is 7.22. The lowest BCUT2D eigenvalue weighted by molar-refractivity contribution is -0.122. The number of benzene rings is 2. The molecule has 0 aromatic heterocycles. The number of rotatable bonds is 7. The van der Waals surface area contributed by atoms with Crippen LogP contribution in [0.1, 0.15) is 62.0 Å². The first-order valence-electron chi connectivity index (χ1n) is 9.69. The van der Waals surface area contributed by atoms with Gasteiger partial charge in [0.2, 0.25) is 5.91 Å². The summed E-state index contributed by atoms with van der Waals surface area (Å²) in [7, 11) is 0. The molecule has 2 nitrogen and oxygen atoms in total. The molecule has 0 saturated heterocycles. The van der Waals surface area contributed by atoms with Crippen LogP contribution in [0.15, 0.2) is 60.7 Å². The highest BCUT2D eigenvalue weighted by Gasteiger charge is 2.18. The van der Waals surface area contributed by atoms with Gasteiger partial charge in [0.1, 0.15) is 0 Å². The highest BCUT2D eigenvalue weighted by Crippen LogP contribution is 2.28. The Morgan fingerprint density at radius 1 is 0.880 bits per heavy atom. The first kappa shape index (κ1) is 17.7. The Morgan fingerprint density at radius 3 is 2.00 bits per heavy atom. The van der Waals surface area contributed by atoms with Gasteiger partial charge in [0.25, 0.3) is 0 Å². The predicted octanol–water partition coefficient (Wildman–Crippen LogP) is 5.30. The summed E-state index contributed by atoms with van der Waals surface area (Å²) in [5.41, 5.74) is 2.63. The van der Waals surface area contributed by atoms with E-state index in [2.05, 4.69) is 66.0 Å². The van der Waals surface area contributed by atoms with Gasteiger partial charge in [0.15, 0.2) is 0 Å². The molecule has 2 aromatic rings. The molecule has 0 bridgehead atoms. The van der Waals surface area contributed by atoms with Gasteiger partial charge in [0, 0.05) is 18.9 Å². The molecule has 0 radical (unpaired) electrons. The van der Waals surface area contributed by atoms with Crippen LogP contribution in [-0.4, -0.2) is 12.5 Å². The van der Waals surface area contributed by atoms with Crippen molar-refractivity contribution in [1.29, 1.82) is 0 Å². The summed E-state index contributed by atoms with van der Waals surface area (Å²) in [4.78, 5) is 12.3. The van der Waals surface area contributed by atoms with Crippen molar-refractivity contribution in [3.8, 4) is 0 Å². The first-order chi connectivity index (χ1) is 12.3. The minimum Gasteiger partial charge on any atom is -0.356 e. The first-order valence-corrected chi connectivity index (χ1v) is 9.69. The van der Waals surface area contributed by atoms with Crippen LogP contribution in [0.4, 0.5) is 0 Å². The Bertz CT molecular complexity index is 592. The van der Waals surface area contributed by atoms with Gasteiger partial charge in [-0.25, -0.2) is 0 Å². The van der Waals surface area contributed by atoms with Crippen molar-refractivity contribution in [3.05, 3.63) is 71.8 Å². The maximum absolute atomic E-state index is 12.3.